The van der Waals surface area contributed by atoms with Gasteiger partial charge in [0.15, 0.2) is 0 Å². The second kappa shape index (κ2) is 8.61. The zero-order valence-electron chi connectivity index (χ0n) is 16.4. The minimum atomic E-state index is -4.60. The van der Waals surface area contributed by atoms with Crippen molar-refractivity contribution in [2.75, 3.05) is 46.3 Å². The highest BCUT2D eigenvalue weighted by Gasteiger charge is 2.36. The van der Waals surface area contributed by atoms with Crippen LogP contribution in [0.1, 0.15) is 24.8 Å². The van der Waals surface area contributed by atoms with Crippen LogP contribution in [0.15, 0.2) is 29.2 Å². The summed E-state index contributed by atoms with van der Waals surface area (Å²) in [4.78, 5) is 16.5. The lowest BCUT2D eigenvalue weighted by molar-refractivity contribution is -0.138. The molecule has 2 fully saturated rings. The molecule has 0 bridgehead atoms. The molecule has 0 aromatic heterocycles. The molecule has 2 heterocycles. The number of carbonyl (C=O) groups is 1. The zero-order valence-corrected chi connectivity index (χ0v) is 17.2. The van der Waals surface area contributed by atoms with E-state index < -0.39 is 21.8 Å². The molecule has 1 aromatic rings. The van der Waals surface area contributed by atoms with Crippen molar-refractivity contribution in [1.29, 1.82) is 0 Å². The first-order valence-electron chi connectivity index (χ1n) is 9.74. The predicted octanol–water partition coefficient (Wildman–Crippen LogP) is 2.27. The summed E-state index contributed by atoms with van der Waals surface area (Å²) in [6.45, 7) is 3.38. The fourth-order valence-corrected chi connectivity index (χ4v) is 5.37. The van der Waals surface area contributed by atoms with E-state index in [1.165, 1.54) is 10.4 Å². The number of carbonyl (C=O) groups excluding carboxylic acids is 1. The standard InChI is InChI=1S/C19H26F3N3O3S/c1-23-8-3-9-24(13-12-23)18(26)15-6-10-25(11-7-15)29(27,28)17-5-2-4-16(14-17)19(20,21)22/h2,4-5,14-15H,3,6-13H2,1H3. The van der Waals surface area contributed by atoms with Crippen molar-refractivity contribution >= 4 is 15.9 Å². The van der Waals surface area contributed by atoms with Crippen LogP contribution in [0.2, 0.25) is 0 Å². The summed E-state index contributed by atoms with van der Waals surface area (Å²) in [7, 11) is -2.01. The molecule has 2 saturated heterocycles. The maximum atomic E-state index is 12.9. The maximum Gasteiger partial charge on any atom is 0.416 e. The van der Waals surface area contributed by atoms with Crippen LogP contribution >= 0.6 is 0 Å². The number of benzene rings is 1. The highest BCUT2D eigenvalue weighted by molar-refractivity contribution is 7.89. The monoisotopic (exact) mass is 433 g/mol. The summed E-state index contributed by atoms with van der Waals surface area (Å²) in [6.07, 6.45) is -2.94. The Balaban J connectivity index is 1.65. The van der Waals surface area contributed by atoms with Gasteiger partial charge in [0.2, 0.25) is 15.9 Å². The molecule has 2 aliphatic rings. The number of piperidine rings is 1. The van der Waals surface area contributed by atoms with Crippen LogP contribution in [0.4, 0.5) is 13.2 Å². The molecular weight excluding hydrogens is 407 g/mol. The Morgan fingerprint density at radius 1 is 1.03 bits per heavy atom. The van der Waals surface area contributed by atoms with E-state index in [0.29, 0.717) is 32.0 Å². The number of alkyl halides is 3. The van der Waals surface area contributed by atoms with Gasteiger partial charge in [-0.3, -0.25) is 4.79 Å². The van der Waals surface area contributed by atoms with Crippen LogP contribution in [0.5, 0.6) is 0 Å². The van der Waals surface area contributed by atoms with Gasteiger partial charge < -0.3 is 9.80 Å². The highest BCUT2D eigenvalue weighted by atomic mass is 32.2. The lowest BCUT2D eigenvalue weighted by Gasteiger charge is -2.33. The Morgan fingerprint density at radius 2 is 1.72 bits per heavy atom. The van der Waals surface area contributed by atoms with Crippen molar-refractivity contribution in [3.8, 4) is 0 Å². The van der Waals surface area contributed by atoms with Gasteiger partial charge in [0.05, 0.1) is 10.5 Å². The molecule has 0 N–H and O–H groups in total. The van der Waals surface area contributed by atoms with Gasteiger partial charge in [-0.15, -0.1) is 0 Å². The van der Waals surface area contributed by atoms with Crippen molar-refractivity contribution in [2.24, 2.45) is 5.92 Å². The van der Waals surface area contributed by atoms with E-state index in [1.54, 1.807) is 0 Å². The van der Waals surface area contributed by atoms with Crippen molar-refractivity contribution in [2.45, 2.75) is 30.3 Å². The molecule has 1 amide bonds. The van der Waals surface area contributed by atoms with Crippen molar-refractivity contribution in [1.82, 2.24) is 14.1 Å². The van der Waals surface area contributed by atoms with Crippen LogP contribution in [0, 0.1) is 5.92 Å². The molecule has 0 aliphatic carbocycles. The lowest BCUT2D eigenvalue weighted by Crippen LogP contribution is -2.45. The van der Waals surface area contributed by atoms with Crippen LogP contribution in [-0.2, 0) is 21.0 Å². The minimum absolute atomic E-state index is 0.0522. The summed E-state index contributed by atoms with van der Waals surface area (Å²) < 4.78 is 65.5. The average Bonchev–Trinajstić information content (AvgIpc) is 2.91. The maximum absolute atomic E-state index is 12.9. The number of hydrogen-bond donors (Lipinski definition) is 0. The third-order valence-corrected chi connectivity index (χ3v) is 7.53. The first-order valence-corrected chi connectivity index (χ1v) is 11.2. The first kappa shape index (κ1) is 22.0. The van der Waals surface area contributed by atoms with Gasteiger partial charge in [0.1, 0.15) is 0 Å². The summed E-state index contributed by atoms with van der Waals surface area (Å²) in [5, 5.41) is 0. The molecule has 0 saturated carbocycles. The Hall–Kier alpha value is -1.65. The van der Waals surface area contributed by atoms with Gasteiger partial charge in [-0.05, 0) is 51.1 Å². The van der Waals surface area contributed by atoms with Crippen LogP contribution in [-0.4, -0.2) is 74.7 Å². The molecule has 0 radical (unpaired) electrons. The zero-order chi connectivity index (χ0) is 21.2. The van der Waals surface area contributed by atoms with E-state index in [0.717, 1.165) is 31.6 Å². The number of likely N-dealkylation sites (N-methyl/N-ethyl adjacent to an activating group) is 1. The van der Waals surface area contributed by atoms with Crippen molar-refractivity contribution in [3.63, 3.8) is 0 Å². The fourth-order valence-electron chi connectivity index (χ4n) is 3.85. The van der Waals surface area contributed by atoms with Crippen LogP contribution in [0.3, 0.4) is 0 Å². The average molecular weight is 433 g/mol. The number of rotatable bonds is 3. The van der Waals surface area contributed by atoms with Gasteiger partial charge >= 0.3 is 6.18 Å². The fraction of sp³-hybridized carbons (Fsp3) is 0.632. The summed E-state index contributed by atoms with van der Waals surface area (Å²) in [5.41, 5.74) is -0.991. The number of sulfonamides is 1. The molecular formula is C19H26F3N3O3S. The quantitative estimate of drug-likeness (QED) is 0.734. The molecule has 2 aliphatic heterocycles. The normalized spacial score (nSPS) is 21.2. The van der Waals surface area contributed by atoms with Gasteiger partial charge in [0.25, 0.3) is 0 Å². The minimum Gasteiger partial charge on any atom is -0.341 e. The van der Waals surface area contributed by atoms with E-state index in [-0.39, 0.29) is 29.8 Å². The topological polar surface area (TPSA) is 60.9 Å². The molecule has 0 atom stereocenters. The van der Waals surface area contributed by atoms with Gasteiger partial charge in [-0.2, -0.15) is 17.5 Å². The third kappa shape index (κ3) is 5.10. The molecule has 0 spiro atoms. The largest absolute Gasteiger partial charge is 0.416 e. The van der Waals surface area contributed by atoms with Crippen LogP contribution < -0.4 is 0 Å². The molecule has 0 unspecified atom stereocenters. The summed E-state index contributed by atoms with van der Waals surface area (Å²) in [5.74, 6) is -0.192. The Kier molecular flexibility index (Phi) is 6.54. The van der Waals surface area contributed by atoms with Gasteiger partial charge in [0, 0.05) is 38.6 Å². The smallest absolute Gasteiger partial charge is 0.341 e. The molecule has 1 aromatic carbocycles. The summed E-state index contributed by atoms with van der Waals surface area (Å²) >= 11 is 0. The molecule has 6 nitrogen and oxygen atoms in total. The Labute approximate surface area is 169 Å². The molecule has 10 heteroatoms. The second-order valence-electron chi connectivity index (χ2n) is 7.69. The molecule has 162 valence electrons. The predicted molar refractivity (Wildman–Crippen MR) is 102 cm³/mol. The van der Waals surface area contributed by atoms with E-state index in [2.05, 4.69) is 4.90 Å². The number of halogens is 3. The number of amides is 1. The van der Waals surface area contributed by atoms with E-state index in [4.69, 9.17) is 0 Å². The van der Waals surface area contributed by atoms with E-state index in [1.807, 2.05) is 11.9 Å². The van der Waals surface area contributed by atoms with Crippen LogP contribution in [0.25, 0.3) is 0 Å². The SMILES string of the molecule is CN1CCCN(C(=O)C2CCN(S(=O)(=O)c3cccc(C(F)(F)F)c3)CC2)CC1. The number of nitrogens with zero attached hydrogens (tertiary/aromatic N) is 3. The number of hydrogen-bond acceptors (Lipinski definition) is 4. The highest BCUT2D eigenvalue weighted by Crippen LogP contribution is 2.32. The Morgan fingerprint density at radius 3 is 2.38 bits per heavy atom. The van der Waals surface area contributed by atoms with Gasteiger partial charge in [-0.25, -0.2) is 8.42 Å². The first-order chi connectivity index (χ1) is 13.6. The third-order valence-electron chi connectivity index (χ3n) is 5.63. The van der Waals surface area contributed by atoms with Crippen molar-refractivity contribution in [3.05, 3.63) is 29.8 Å². The van der Waals surface area contributed by atoms with E-state index >= 15 is 0 Å². The van der Waals surface area contributed by atoms with Gasteiger partial charge in [-0.1, -0.05) is 6.07 Å². The second-order valence-corrected chi connectivity index (χ2v) is 9.62. The molecule has 29 heavy (non-hydrogen) atoms. The summed E-state index contributed by atoms with van der Waals surface area (Å²) in [6, 6.07) is 3.79. The van der Waals surface area contributed by atoms with E-state index in [9.17, 15) is 26.4 Å². The lowest BCUT2D eigenvalue weighted by atomic mass is 9.96. The Bertz CT molecular complexity index is 837. The van der Waals surface area contributed by atoms with Crippen molar-refractivity contribution < 1.29 is 26.4 Å². The molecule has 3 rings (SSSR count).